The summed E-state index contributed by atoms with van der Waals surface area (Å²) >= 11 is 6.29. The van der Waals surface area contributed by atoms with E-state index in [1.165, 1.54) is 27.6 Å². The van der Waals surface area contributed by atoms with E-state index in [0.717, 1.165) is 69.2 Å². The Balaban J connectivity index is 0.000000190. The van der Waals surface area contributed by atoms with Crippen molar-refractivity contribution in [2.24, 2.45) is 11.5 Å². The largest absolute Gasteiger partial charge is 0.497 e. The van der Waals surface area contributed by atoms with E-state index in [4.69, 9.17) is 30.4 Å². The lowest BCUT2D eigenvalue weighted by atomic mass is 10.1. The van der Waals surface area contributed by atoms with E-state index < -0.39 is 46.2 Å². The molecule has 0 bridgehead atoms. The Kier molecular flexibility index (Phi) is 12.6. The first-order valence-corrected chi connectivity index (χ1v) is 19.1. The number of carbonyl (C=O) groups is 2. The van der Waals surface area contributed by atoms with Crippen molar-refractivity contribution in [2.45, 2.75) is 32.0 Å². The third-order valence-corrected chi connectivity index (χ3v) is 11.2. The number of halogens is 5. The van der Waals surface area contributed by atoms with Crippen LogP contribution in [-0.2, 0) is 13.2 Å². The molecule has 56 heavy (non-hydrogen) atoms. The molecule has 6 aromatic rings. The van der Waals surface area contributed by atoms with Crippen LogP contribution in [0, 0.1) is 23.3 Å². The lowest BCUT2D eigenvalue weighted by Gasteiger charge is -2.08. The van der Waals surface area contributed by atoms with E-state index in [2.05, 4.69) is 25.9 Å². The smallest absolute Gasteiger partial charge is 0.254 e. The van der Waals surface area contributed by atoms with Crippen LogP contribution in [-0.4, -0.2) is 36.0 Å². The second kappa shape index (κ2) is 17.5. The number of ether oxygens (including phenoxy) is 4. The number of aromatic nitrogens is 2. The first-order valence-electron chi connectivity index (χ1n) is 16.6. The Bertz CT molecular complexity index is 2390. The Hall–Kier alpha value is -5.52. The second-order valence-corrected chi connectivity index (χ2v) is 15.6. The molecule has 4 aromatic carbocycles. The third-order valence-electron chi connectivity index (χ3n) is 8.31. The molecule has 4 N–H and O–H groups in total. The van der Waals surface area contributed by atoms with Gasteiger partial charge in [0, 0.05) is 16.0 Å². The van der Waals surface area contributed by atoms with Gasteiger partial charge in [-0.1, -0.05) is 0 Å². The zero-order valence-corrected chi connectivity index (χ0v) is 32.8. The van der Waals surface area contributed by atoms with Crippen molar-refractivity contribution in [1.29, 1.82) is 0 Å². The molecule has 1 fully saturated rings. The van der Waals surface area contributed by atoms with Crippen LogP contribution >= 0.6 is 38.6 Å². The number of thiazole rings is 2. The van der Waals surface area contributed by atoms with Crippen molar-refractivity contribution in [2.75, 3.05) is 14.2 Å². The van der Waals surface area contributed by atoms with Gasteiger partial charge in [0.1, 0.15) is 57.5 Å². The molecule has 7 rings (SSSR count). The van der Waals surface area contributed by atoms with Gasteiger partial charge in [-0.25, -0.2) is 27.5 Å². The average Bonchev–Trinajstić information content (AvgIpc) is 3.83. The highest BCUT2D eigenvalue weighted by Crippen LogP contribution is 2.47. The molecular weight excluding hydrogens is 840 g/mol. The minimum absolute atomic E-state index is 0.00129. The van der Waals surface area contributed by atoms with Gasteiger partial charge < -0.3 is 30.4 Å². The second-order valence-electron chi connectivity index (χ2n) is 12.1. The van der Waals surface area contributed by atoms with Gasteiger partial charge in [0.15, 0.2) is 23.1 Å². The summed E-state index contributed by atoms with van der Waals surface area (Å²) in [7, 11) is 3.20. The standard InChI is InChI=1S/C21H18F2N2O3S.C18H13BrF2N2O3S/c1-27-13-6-4-11(5-7-13)19-20(12-2-3-12)29-16(25-19)10-28-15-9-8-14(22)17(18(15)23)21(24)26;1-25-10-4-2-9(3-5-10)16-17(19)27-13(23-16)8-26-12-7-6-11(20)14(15(12)21)18(22)24/h4-9,12H,2-3,10H2,1H3,(H2,24,26);2-7H,8H2,1H3,(H2,22,24). The molecule has 0 unspecified atom stereocenters. The van der Waals surface area contributed by atoms with Gasteiger partial charge in [0.2, 0.25) is 0 Å². The molecule has 1 aliphatic carbocycles. The van der Waals surface area contributed by atoms with Crippen LogP contribution in [0.25, 0.3) is 22.5 Å². The van der Waals surface area contributed by atoms with Crippen molar-refractivity contribution in [3.8, 4) is 45.5 Å². The van der Waals surface area contributed by atoms with Gasteiger partial charge in [-0.2, -0.15) is 0 Å². The van der Waals surface area contributed by atoms with E-state index in [1.54, 1.807) is 14.2 Å². The number of carbonyl (C=O) groups excluding carboxylic acids is 2. The molecule has 17 heteroatoms. The zero-order chi connectivity index (χ0) is 40.1. The maximum Gasteiger partial charge on any atom is 0.254 e. The minimum atomic E-state index is -1.20. The molecule has 2 heterocycles. The molecule has 10 nitrogen and oxygen atoms in total. The number of rotatable bonds is 13. The zero-order valence-electron chi connectivity index (χ0n) is 29.5. The molecule has 1 aliphatic rings. The predicted molar refractivity (Wildman–Crippen MR) is 206 cm³/mol. The number of hydrogen-bond acceptors (Lipinski definition) is 10. The van der Waals surface area contributed by atoms with Crippen molar-refractivity contribution >= 4 is 50.4 Å². The van der Waals surface area contributed by atoms with E-state index in [0.29, 0.717) is 21.6 Å². The van der Waals surface area contributed by atoms with E-state index in [1.807, 2.05) is 48.5 Å². The van der Waals surface area contributed by atoms with E-state index >= 15 is 0 Å². The number of hydrogen-bond donors (Lipinski definition) is 2. The highest BCUT2D eigenvalue weighted by atomic mass is 79.9. The number of amides is 2. The molecule has 0 spiro atoms. The predicted octanol–water partition coefficient (Wildman–Crippen LogP) is 9.19. The van der Waals surface area contributed by atoms with E-state index in [-0.39, 0.29) is 24.7 Å². The van der Waals surface area contributed by atoms with Gasteiger partial charge in [0.25, 0.3) is 11.8 Å². The normalized spacial score (nSPS) is 12.1. The molecule has 0 aliphatic heterocycles. The van der Waals surface area contributed by atoms with E-state index in [9.17, 15) is 27.2 Å². The van der Waals surface area contributed by atoms with Crippen molar-refractivity contribution < 1.29 is 46.1 Å². The summed E-state index contributed by atoms with van der Waals surface area (Å²) in [5.41, 5.74) is 11.8. The molecule has 290 valence electrons. The van der Waals surface area contributed by atoms with Crippen LogP contribution in [0.1, 0.15) is 54.4 Å². The lowest BCUT2D eigenvalue weighted by Crippen LogP contribution is -2.16. The van der Waals surface area contributed by atoms with Crippen molar-refractivity contribution in [1.82, 2.24) is 9.97 Å². The van der Waals surface area contributed by atoms with Gasteiger partial charge in [-0.15, -0.1) is 22.7 Å². The van der Waals surface area contributed by atoms with Crippen LogP contribution in [0.5, 0.6) is 23.0 Å². The number of nitrogens with two attached hydrogens (primary N) is 2. The lowest BCUT2D eigenvalue weighted by molar-refractivity contribution is 0.0982. The quantitative estimate of drug-likeness (QED) is 0.109. The molecule has 2 aromatic heterocycles. The SMILES string of the molecule is COc1ccc(-c2nc(COc3ccc(F)c(C(N)=O)c3F)sc2Br)cc1.COc1ccc(-c2nc(COc3ccc(F)c(C(N)=O)c3F)sc2C2CC2)cc1. The first kappa shape index (κ1) is 40.2. The molecule has 0 radical (unpaired) electrons. The van der Waals surface area contributed by atoms with Crippen molar-refractivity contribution in [3.05, 3.63) is 126 Å². The Morgan fingerprint density at radius 3 is 1.54 bits per heavy atom. The fraction of sp³-hybridized carbons (Fsp3) is 0.179. The highest BCUT2D eigenvalue weighted by molar-refractivity contribution is 9.11. The molecule has 0 atom stereocenters. The summed E-state index contributed by atoms with van der Waals surface area (Å²) < 4.78 is 77.7. The fourth-order valence-corrected chi connectivity index (χ4v) is 8.14. The summed E-state index contributed by atoms with van der Waals surface area (Å²) in [6.07, 6.45) is 2.22. The Labute approximate surface area is 334 Å². The fourth-order valence-electron chi connectivity index (χ4n) is 5.37. The first-order chi connectivity index (χ1) is 26.9. The Morgan fingerprint density at radius 2 is 1.11 bits per heavy atom. The third kappa shape index (κ3) is 9.12. The number of primary amides is 2. The van der Waals surface area contributed by atoms with Crippen LogP contribution in [0.2, 0.25) is 0 Å². The topological polar surface area (TPSA) is 149 Å². The molecular formula is C39H31BrF4N4O6S2. The average molecular weight is 872 g/mol. The van der Waals surface area contributed by atoms with Gasteiger partial charge in [0.05, 0.1) is 29.4 Å². The summed E-state index contributed by atoms with van der Waals surface area (Å²) in [5.74, 6) is -5.23. The summed E-state index contributed by atoms with van der Waals surface area (Å²) in [6.45, 7) is -0.0541. The number of nitrogens with zero attached hydrogens (tertiary/aromatic N) is 2. The molecule has 2 amide bonds. The Morgan fingerprint density at radius 1 is 0.679 bits per heavy atom. The van der Waals surface area contributed by atoms with Gasteiger partial charge in [-0.3, -0.25) is 9.59 Å². The van der Waals surface area contributed by atoms with Crippen LogP contribution in [0.3, 0.4) is 0 Å². The summed E-state index contributed by atoms with van der Waals surface area (Å²) in [4.78, 5) is 32.8. The maximum atomic E-state index is 14.4. The van der Waals surface area contributed by atoms with Crippen molar-refractivity contribution in [3.63, 3.8) is 0 Å². The summed E-state index contributed by atoms with van der Waals surface area (Å²) in [5, 5.41) is 1.24. The molecule has 1 saturated carbocycles. The number of methoxy groups -OCH3 is 2. The minimum Gasteiger partial charge on any atom is -0.497 e. The summed E-state index contributed by atoms with van der Waals surface area (Å²) in [6, 6.07) is 19.1. The van der Waals surface area contributed by atoms with Crippen LogP contribution < -0.4 is 30.4 Å². The van der Waals surface area contributed by atoms with Crippen LogP contribution in [0.15, 0.2) is 76.6 Å². The highest BCUT2D eigenvalue weighted by Gasteiger charge is 2.30. The van der Waals surface area contributed by atoms with Gasteiger partial charge in [-0.05, 0) is 107 Å². The van der Waals surface area contributed by atoms with Crippen LogP contribution in [0.4, 0.5) is 17.6 Å². The molecule has 0 saturated heterocycles. The monoisotopic (exact) mass is 870 g/mol. The maximum absolute atomic E-state index is 14.4. The number of benzene rings is 4. The van der Waals surface area contributed by atoms with Gasteiger partial charge >= 0.3 is 0 Å².